The number of hydrogen-bond acceptors (Lipinski definition) is 6. The highest BCUT2D eigenvalue weighted by atomic mass is 16.4. The van der Waals surface area contributed by atoms with Gasteiger partial charge in [-0.1, -0.05) is 0 Å². The highest BCUT2D eigenvalue weighted by Gasteiger charge is 2.46. The lowest BCUT2D eigenvalue weighted by molar-refractivity contribution is -0.138. The minimum atomic E-state index is -2.40. The van der Waals surface area contributed by atoms with Gasteiger partial charge >= 0.3 is 5.97 Å². The summed E-state index contributed by atoms with van der Waals surface area (Å²) in [6.45, 7) is 0. The first-order chi connectivity index (χ1) is 6.28. The van der Waals surface area contributed by atoms with E-state index in [-0.39, 0.29) is 12.0 Å². The topological polar surface area (TPSA) is 150 Å². The summed E-state index contributed by atoms with van der Waals surface area (Å²) in [5, 5.41) is 36.5. The van der Waals surface area contributed by atoms with Gasteiger partial charge in [0.1, 0.15) is 6.10 Å². The summed E-state index contributed by atoms with van der Waals surface area (Å²) < 4.78 is 0. The maximum absolute atomic E-state index is 10.6. The van der Waals surface area contributed by atoms with E-state index in [2.05, 4.69) is 0 Å². The third kappa shape index (κ3) is 1.46. The van der Waals surface area contributed by atoms with Gasteiger partial charge in [0, 0.05) is 6.42 Å². The van der Waals surface area contributed by atoms with Gasteiger partial charge in [0.15, 0.2) is 5.72 Å². The van der Waals surface area contributed by atoms with Crippen LogP contribution in [0.25, 0.3) is 0 Å². The quantitative estimate of drug-likeness (QED) is 0.250. The van der Waals surface area contributed by atoms with E-state index in [1.165, 1.54) is 0 Å². The van der Waals surface area contributed by atoms with Crippen LogP contribution in [0.1, 0.15) is 6.42 Å². The summed E-state index contributed by atoms with van der Waals surface area (Å²) in [5.74, 6) is -1.38. The lowest BCUT2D eigenvalue weighted by atomic mass is 9.85. The van der Waals surface area contributed by atoms with Crippen molar-refractivity contribution in [3.05, 3.63) is 11.3 Å². The molecule has 0 radical (unpaired) electrons. The third-order valence-corrected chi connectivity index (χ3v) is 2.24. The van der Waals surface area contributed by atoms with Gasteiger partial charge in [-0.25, -0.2) is 4.79 Å². The van der Waals surface area contributed by atoms with Crippen LogP contribution in [0.3, 0.4) is 0 Å². The summed E-state index contributed by atoms with van der Waals surface area (Å²) in [7, 11) is 0. The van der Waals surface area contributed by atoms with Gasteiger partial charge < -0.3 is 26.2 Å². The number of carboxylic acid groups (broad SMARTS) is 1. The molecule has 0 aromatic carbocycles. The SMILES string of the molecule is NC1=C(C(=O)O)CC(O)C(O)C1(N)O. The van der Waals surface area contributed by atoms with Crippen LogP contribution in [0.5, 0.6) is 0 Å². The molecule has 7 nitrogen and oxygen atoms in total. The Morgan fingerprint density at radius 2 is 2.00 bits per heavy atom. The number of aliphatic hydroxyl groups excluding tert-OH is 2. The fraction of sp³-hybridized carbons (Fsp3) is 0.571. The Balaban J connectivity index is 3.19. The van der Waals surface area contributed by atoms with Crippen LogP contribution < -0.4 is 11.5 Å². The molecule has 0 heterocycles. The normalized spacial score (nSPS) is 38.6. The Labute approximate surface area is 79.3 Å². The number of aliphatic carboxylic acids is 1. The van der Waals surface area contributed by atoms with E-state index in [9.17, 15) is 20.1 Å². The van der Waals surface area contributed by atoms with Crippen LogP contribution in [0.15, 0.2) is 11.3 Å². The Morgan fingerprint density at radius 1 is 1.50 bits per heavy atom. The molecule has 0 aliphatic heterocycles. The number of rotatable bonds is 1. The predicted molar refractivity (Wildman–Crippen MR) is 44.6 cm³/mol. The molecule has 3 atom stereocenters. The molecular weight excluding hydrogens is 192 g/mol. The molecular formula is C7H12N2O5. The highest BCUT2D eigenvalue weighted by molar-refractivity contribution is 5.88. The smallest absolute Gasteiger partial charge is 0.333 e. The third-order valence-electron chi connectivity index (χ3n) is 2.24. The first kappa shape index (κ1) is 10.9. The maximum Gasteiger partial charge on any atom is 0.333 e. The van der Waals surface area contributed by atoms with Crippen LogP contribution in [-0.2, 0) is 4.79 Å². The molecule has 7 heteroatoms. The molecule has 0 saturated carbocycles. The Hall–Kier alpha value is -1.15. The fourth-order valence-electron chi connectivity index (χ4n) is 1.33. The number of carbonyl (C=O) groups is 1. The van der Waals surface area contributed by atoms with Crippen molar-refractivity contribution in [3.63, 3.8) is 0 Å². The molecule has 0 saturated heterocycles. The Kier molecular flexibility index (Phi) is 2.50. The van der Waals surface area contributed by atoms with Crippen molar-refractivity contribution in [2.45, 2.75) is 24.4 Å². The van der Waals surface area contributed by atoms with Crippen LogP contribution >= 0.6 is 0 Å². The van der Waals surface area contributed by atoms with Gasteiger partial charge in [-0.3, -0.25) is 5.73 Å². The highest BCUT2D eigenvalue weighted by Crippen LogP contribution is 2.27. The molecule has 14 heavy (non-hydrogen) atoms. The zero-order valence-corrected chi connectivity index (χ0v) is 7.21. The van der Waals surface area contributed by atoms with Gasteiger partial charge in [0.25, 0.3) is 0 Å². The van der Waals surface area contributed by atoms with E-state index in [1.807, 2.05) is 0 Å². The molecule has 0 amide bonds. The zero-order chi connectivity index (χ0) is 11.1. The van der Waals surface area contributed by atoms with E-state index in [0.29, 0.717) is 0 Å². The summed E-state index contributed by atoms with van der Waals surface area (Å²) in [4.78, 5) is 10.6. The van der Waals surface area contributed by atoms with Crippen molar-refractivity contribution in [1.82, 2.24) is 0 Å². The summed E-state index contributed by atoms with van der Waals surface area (Å²) >= 11 is 0. The van der Waals surface area contributed by atoms with E-state index < -0.39 is 29.6 Å². The van der Waals surface area contributed by atoms with E-state index in [4.69, 9.17) is 16.6 Å². The average Bonchev–Trinajstić information content (AvgIpc) is 2.08. The molecule has 0 bridgehead atoms. The molecule has 1 aliphatic rings. The minimum absolute atomic E-state index is 0.345. The summed E-state index contributed by atoms with van der Waals surface area (Å²) in [6.07, 6.45) is -3.48. The molecule has 80 valence electrons. The zero-order valence-electron chi connectivity index (χ0n) is 7.21. The first-order valence-electron chi connectivity index (χ1n) is 3.88. The summed E-state index contributed by atoms with van der Waals surface area (Å²) in [5.41, 5.74) is 7.14. The van der Waals surface area contributed by atoms with E-state index in [0.717, 1.165) is 0 Å². The summed E-state index contributed by atoms with van der Waals surface area (Å²) in [6, 6.07) is 0. The molecule has 8 N–H and O–H groups in total. The number of carboxylic acids is 1. The van der Waals surface area contributed by atoms with E-state index >= 15 is 0 Å². The van der Waals surface area contributed by atoms with Crippen LogP contribution in [0, 0.1) is 0 Å². The van der Waals surface area contributed by atoms with Gasteiger partial charge in [0.05, 0.1) is 17.4 Å². The van der Waals surface area contributed by atoms with Gasteiger partial charge in [-0.2, -0.15) is 0 Å². The molecule has 3 unspecified atom stereocenters. The van der Waals surface area contributed by atoms with E-state index in [1.54, 1.807) is 0 Å². The molecule has 1 rings (SSSR count). The van der Waals surface area contributed by atoms with Crippen LogP contribution in [0.2, 0.25) is 0 Å². The standard InChI is InChI=1S/C7H12N2O5/c8-4-2(6(12)13)1-3(10)5(11)7(4,9)14/h3,5,10-11,14H,1,8-9H2,(H,12,13). The average molecular weight is 204 g/mol. The fourth-order valence-corrected chi connectivity index (χ4v) is 1.33. The minimum Gasteiger partial charge on any atom is -0.478 e. The van der Waals surface area contributed by atoms with Crippen LogP contribution in [-0.4, -0.2) is 44.3 Å². The van der Waals surface area contributed by atoms with Crippen molar-refractivity contribution in [1.29, 1.82) is 0 Å². The second-order valence-corrected chi connectivity index (χ2v) is 3.24. The van der Waals surface area contributed by atoms with Crippen molar-refractivity contribution in [3.8, 4) is 0 Å². The number of hydrogen-bond donors (Lipinski definition) is 6. The molecule has 0 aromatic heterocycles. The molecule has 0 spiro atoms. The maximum atomic E-state index is 10.6. The monoisotopic (exact) mass is 204 g/mol. The van der Waals surface area contributed by atoms with Gasteiger partial charge in [0.2, 0.25) is 0 Å². The molecule has 0 aromatic rings. The number of nitrogens with two attached hydrogens (primary N) is 2. The number of aliphatic hydroxyl groups is 3. The largest absolute Gasteiger partial charge is 0.478 e. The lowest BCUT2D eigenvalue weighted by Gasteiger charge is -2.37. The van der Waals surface area contributed by atoms with Crippen molar-refractivity contribution >= 4 is 5.97 Å². The van der Waals surface area contributed by atoms with Crippen molar-refractivity contribution < 1.29 is 25.2 Å². The Morgan fingerprint density at radius 3 is 2.43 bits per heavy atom. The second-order valence-electron chi connectivity index (χ2n) is 3.24. The Bertz CT molecular complexity index is 298. The van der Waals surface area contributed by atoms with Crippen molar-refractivity contribution in [2.24, 2.45) is 11.5 Å². The predicted octanol–water partition coefficient (Wildman–Crippen LogP) is -2.94. The molecule has 1 aliphatic carbocycles. The van der Waals surface area contributed by atoms with Crippen molar-refractivity contribution in [2.75, 3.05) is 0 Å². The van der Waals surface area contributed by atoms with Gasteiger partial charge in [-0.05, 0) is 0 Å². The lowest BCUT2D eigenvalue weighted by Crippen LogP contribution is -2.62. The second kappa shape index (κ2) is 3.21. The van der Waals surface area contributed by atoms with Gasteiger partial charge in [-0.15, -0.1) is 0 Å². The molecule has 0 fully saturated rings. The van der Waals surface area contributed by atoms with Crippen LogP contribution in [0.4, 0.5) is 0 Å². The first-order valence-corrected chi connectivity index (χ1v) is 3.88.